The summed E-state index contributed by atoms with van der Waals surface area (Å²) in [4.78, 5) is 2.58. The first-order chi connectivity index (χ1) is 7.20. The van der Waals surface area contributed by atoms with Crippen LogP contribution in [0.2, 0.25) is 0 Å². The summed E-state index contributed by atoms with van der Waals surface area (Å²) in [6.45, 7) is 4.73. The second-order valence-electron chi connectivity index (χ2n) is 5.20. The number of fused-ring (bicyclic) bond motifs is 1. The molecule has 1 aliphatic heterocycles. The minimum atomic E-state index is 0.346. The fourth-order valence-corrected chi connectivity index (χ4v) is 3.35. The van der Waals surface area contributed by atoms with Crippen LogP contribution in [-0.2, 0) is 0 Å². The van der Waals surface area contributed by atoms with Gasteiger partial charge in [0.1, 0.15) is 0 Å². The molecule has 3 N–H and O–H groups in total. The lowest BCUT2D eigenvalue weighted by Gasteiger charge is -2.27. The van der Waals surface area contributed by atoms with Crippen molar-refractivity contribution >= 4 is 5.84 Å². The summed E-state index contributed by atoms with van der Waals surface area (Å²) in [5.74, 6) is 2.25. The van der Waals surface area contributed by atoms with Crippen molar-refractivity contribution in [1.82, 2.24) is 4.90 Å². The highest BCUT2D eigenvalue weighted by atomic mass is 15.2. The van der Waals surface area contributed by atoms with E-state index in [1.165, 1.54) is 32.4 Å². The Bertz CT molecular complexity index is 227. The molecule has 0 amide bonds. The van der Waals surface area contributed by atoms with Gasteiger partial charge in [0, 0.05) is 25.6 Å². The Kier molecular flexibility index (Phi) is 3.29. The van der Waals surface area contributed by atoms with Gasteiger partial charge in [0.05, 0.1) is 5.84 Å². The number of hydrogen-bond donors (Lipinski definition) is 2. The fourth-order valence-electron chi connectivity index (χ4n) is 3.35. The molecule has 86 valence electrons. The van der Waals surface area contributed by atoms with E-state index in [1.807, 2.05) is 0 Å². The van der Waals surface area contributed by atoms with Crippen LogP contribution in [-0.4, -0.2) is 29.9 Å². The van der Waals surface area contributed by atoms with Crippen LogP contribution in [0.3, 0.4) is 0 Å². The lowest BCUT2D eigenvalue weighted by molar-refractivity contribution is 0.223. The van der Waals surface area contributed by atoms with Gasteiger partial charge in [-0.3, -0.25) is 10.3 Å². The van der Waals surface area contributed by atoms with Gasteiger partial charge in [0.2, 0.25) is 0 Å². The molecule has 3 nitrogen and oxygen atoms in total. The van der Waals surface area contributed by atoms with Crippen LogP contribution in [0.1, 0.15) is 39.0 Å². The third kappa shape index (κ3) is 2.33. The summed E-state index contributed by atoms with van der Waals surface area (Å²) < 4.78 is 0. The standard InChI is InChI=1S/C12H23N3/c1-2-11(6-12(13)14)15-7-9-4-3-5-10(9)8-15/h9-11H,2-8H2,1H3,(H3,13,14). The van der Waals surface area contributed by atoms with Crippen molar-refractivity contribution in [1.29, 1.82) is 5.41 Å². The molecule has 1 aliphatic carbocycles. The van der Waals surface area contributed by atoms with Gasteiger partial charge in [0.15, 0.2) is 0 Å². The zero-order chi connectivity index (χ0) is 10.8. The lowest BCUT2D eigenvalue weighted by Crippen LogP contribution is -2.36. The molecule has 2 fully saturated rings. The van der Waals surface area contributed by atoms with Gasteiger partial charge in [-0.25, -0.2) is 0 Å². The Balaban J connectivity index is 1.90. The Morgan fingerprint density at radius 3 is 2.47 bits per heavy atom. The van der Waals surface area contributed by atoms with Gasteiger partial charge in [-0.15, -0.1) is 0 Å². The Morgan fingerprint density at radius 1 is 1.40 bits per heavy atom. The Morgan fingerprint density at radius 2 is 2.00 bits per heavy atom. The van der Waals surface area contributed by atoms with Gasteiger partial charge < -0.3 is 5.73 Å². The number of nitrogens with two attached hydrogens (primary N) is 1. The number of nitrogens with zero attached hydrogens (tertiary/aromatic N) is 1. The highest BCUT2D eigenvalue weighted by molar-refractivity contribution is 5.77. The predicted molar refractivity (Wildman–Crippen MR) is 63.0 cm³/mol. The highest BCUT2D eigenvalue weighted by Crippen LogP contribution is 2.38. The number of likely N-dealkylation sites (tertiary alicyclic amines) is 1. The molecule has 0 aromatic heterocycles. The molecule has 1 heterocycles. The quantitative estimate of drug-likeness (QED) is 0.548. The molecule has 2 rings (SSSR count). The maximum atomic E-state index is 7.40. The maximum Gasteiger partial charge on any atom is 0.0921 e. The summed E-state index contributed by atoms with van der Waals surface area (Å²) in [5.41, 5.74) is 5.51. The largest absolute Gasteiger partial charge is 0.388 e. The second-order valence-corrected chi connectivity index (χ2v) is 5.20. The van der Waals surface area contributed by atoms with Crippen LogP contribution < -0.4 is 5.73 Å². The molecule has 15 heavy (non-hydrogen) atoms. The van der Waals surface area contributed by atoms with Crippen molar-refractivity contribution in [3.8, 4) is 0 Å². The molecule has 0 bridgehead atoms. The SMILES string of the molecule is CCC(CC(=N)N)N1CC2CCCC2C1. The molecule has 0 spiro atoms. The van der Waals surface area contributed by atoms with Gasteiger partial charge >= 0.3 is 0 Å². The first-order valence-corrected chi connectivity index (χ1v) is 6.27. The van der Waals surface area contributed by atoms with E-state index in [4.69, 9.17) is 11.1 Å². The van der Waals surface area contributed by atoms with Crippen LogP contribution in [0.5, 0.6) is 0 Å². The van der Waals surface area contributed by atoms with Crippen LogP contribution in [0.4, 0.5) is 0 Å². The summed E-state index contributed by atoms with van der Waals surface area (Å²) in [6, 6.07) is 0.521. The third-order valence-electron chi connectivity index (χ3n) is 4.20. The second kappa shape index (κ2) is 4.52. The van der Waals surface area contributed by atoms with E-state index < -0.39 is 0 Å². The molecule has 2 aliphatic rings. The minimum absolute atomic E-state index is 0.346. The smallest absolute Gasteiger partial charge is 0.0921 e. The monoisotopic (exact) mass is 209 g/mol. The minimum Gasteiger partial charge on any atom is -0.388 e. The average Bonchev–Trinajstić information content (AvgIpc) is 2.72. The first kappa shape index (κ1) is 10.9. The summed E-state index contributed by atoms with van der Waals surface area (Å²) in [6.07, 6.45) is 6.18. The number of hydrogen-bond acceptors (Lipinski definition) is 2. The Labute approximate surface area is 92.5 Å². The van der Waals surface area contributed by atoms with Crippen LogP contribution >= 0.6 is 0 Å². The predicted octanol–water partition coefficient (Wildman–Crippen LogP) is 1.82. The molecular weight excluding hydrogens is 186 g/mol. The van der Waals surface area contributed by atoms with Gasteiger partial charge in [-0.05, 0) is 31.1 Å². The zero-order valence-electron chi connectivity index (χ0n) is 9.71. The van der Waals surface area contributed by atoms with Crippen LogP contribution in [0, 0.1) is 17.2 Å². The van der Waals surface area contributed by atoms with E-state index in [1.54, 1.807) is 0 Å². The van der Waals surface area contributed by atoms with E-state index in [2.05, 4.69) is 11.8 Å². The highest BCUT2D eigenvalue weighted by Gasteiger charge is 2.38. The molecule has 0 aromatic carbocycles. The molecule has 0 radical (unpaired) electrons. The van der Waals surface area contributed by atoms with Crippen molar-refractivity contribution in [3.05, 3.63) is 0 Å². The number of rotatable bonds is 4. The van der Waals surface area contributed by atoms with Crippen molar-refractivity contribution in [2.45, 2.75) is 45.1 Å². The van der Waals surface area contributed by atoms with Crippen LogP contribution in [0.15, 0.2) is 0 Å². The first-order valence-electron chi connectivity index (χ1n) is 6.27. The normalized spacial score (nSPS) is 32.9. The van der Waals surface area contributed by atoms with Gasteiger partial charge in [0.25, 0.3) is 0 Å². The van der Waals surface area contributed by atoms with E-state index in [9.17, 15) is 0 Å². The van der Waals surface area contributed by atoms with Crippen molar-refractivity contribution < 1.29 is 0 Å². The van der Waals surface area contributed by atoms with Crippen molar-refractivity contribution in [2.75, 3.05) is 13.1 Å². The van der Waals surface area contributed by atoms with Crippen molar-refractivity contribution in [2.24, 2.45) is 17.6 Å². The Hall–Kier alpha value is -0.570. The molecular formula is C12H23N3. The molecule has 3 atom stereocenters. The van der Waals surface area contributed by atoms with Crippen LogP contribution in [0.25, 0.3) is 0 Å². The van der Waals surface area contributed by atoms with E-state index >= 15 is 0 Å². The fraction of sp³-hybridized carbons (Fsp3) is 0.917. The number of nitrogens with one attached hydrogen (secondary N) is 1. The molecule has 3 unspecified atom stereocenters. The molecule has 3 heteroatoms. The molecule has 1 saturated carbocycles. The summed E-state index contributed by atoms with van der Waals surface area (Å²) in [7, 11) is 0. The van der Waals surface area contributed by atoms with E-state index in [0.29, 0.717) is 11.9 Å². The lowest BCUT2D eigenvalue weighted by atomic mass is 10.0. The third-order valence-corrected chi connectivity index (χ3v) is 4.20. The number of amidine groups is 1. The summed E-state index contributed by atoms with van der Waals surface area (Å²) >= 11 is 0. The average molecular weight is 209 g/mol. The van der Waals surface area contributed by atoms with Crippen molar-refractivity contribution in [3.63, 3.8) is 0 Å². The molecule has 1 saturated heterocycles. The van der Waals surface area contributed by atoms with Gasteiger partial charge in [-0.1, -0.05) is 13.3 Å². The summed E-state index contributed by atoms with van der Waals surface area (Å²) in [5, 5.41) is 7.40. The zero-order valence-corrected chi connectivity index (χ0v) is 9.71. The van der Waals surface area contributed by atoms with E-state index in [0.717, 1.165) is 24.7 Å². The molecule has 0 aromatic rings. The topological polar surface area (TPSA) is 53.1 Å². The van der Waals surface area contributed by atoms with Gasteiger partial charge in [-0.2, -0.15) is 0 Å². The van der Waals surface area contributed by atoms with E-state index in [-0.39, 0.29) is 0 Å². The maximum absolute atomic E-state index is 7.40.